The molecule has 1 aliphatic heterocycles. The van der Waals surface area contributed by atoms with E-state index in [2.05, 4.69) is 10.2 Å². The molecule has 1 saturated heterocycles. The summed E-state index contributed by atoms with van der Waals surface area (Å²) in [6, 6.07) is 9.79. The first-order chi connectivity index (χ1) is 9.24. The van der Waals surface area contributed by atoms with E-state index in [9.17, 15) is 4.79 Å². The van der Waals surface area contributed by atoms with Gasteiger partial charge in [0.2, 0.25) is 5.91 Å². The Bertz CT molecular complexity index is 403. The minimum atomic E-state index is 0. The van der Waals surface area contributed by atoms with Gasteiger partial charge in [0.25, 0.3) is 0 Å². The third kappa shape index (κ3) is 5.77. The van der Waals surface area contributed by atoms with E-state index in [1.54, 1.807) is 0 Å². The summed E-state index contributed by atoms with van der Waals surface area (Å²) in [7, 11) is 0. The zero-order valence-corrected chi connectivity index (χ0v) is 12.3. The van der Waals surface area contributed by atoms with Crippen LogP contribution >= 0.6 is 12.4 Å². The molecule has 1 atom stereocenters. The molecule has 5 nitrogen and oxygen atoms in total. The van der Waals surface area contributed by atoms with Crippen LogP contribution in [-0.2, 0) is 4.79 Å². The van der Waals surface area contributed by atoms with Crippen molar-refractivity contribution in [2.45, 2.75) is 12.5 Å². The highest BCUT2D eigenvalue weighted by Crippen LogP contribution is 2.07. The van der Waals surface area contributed by atoms with Crippen molar-refractivity contribution in [2.24, 2.45) is 5.73 Å². The first kappa shape index (κ1) is 16.8. The Morgan fingerprint density at radius 1 is 1.40 bits per heavy atom. The van der Waals surface area contributed by atoms with Crippen LogP contribution in [0.3, 0.4) is 0 Å². The fraction of sp³-hybridized carbons (Fsp3) is 0.500. The van der Waals surface area contributed by atoms with Gasteiger partial charge in [0.05, 0.1) is 13.1 Å². The molecular formula is C14H22ClN3O2. The lowest BCUT2D eigenvalue weighted by atomic mass is 10.3. The molecule has 1 heterocycles. The predicted octanol–water partition coefficient (Wildman–Crippen LogP) is 0.636. The van der Waals surface area contributed by atoms with Crippen molar-refractivity contribution in [3.05, 3.63) is 30.3 Å². The maximum Gasteiger partial charge on any atom is 0.234 e. The van der Waals surface area contributed by atoms with Gasteiger partial charge in [-0.2, -0.15) is 0 Å². The minimum absolute atomic E-state index is 0. The Morgan fingerprint density at radius 3 is 2.80 bits per heavy atom. The third-order valence-electron chi connectivity index (χ3n) is 3.11. The number of nitrogens with two attached hydrogens (primary N) is 1. The predicted molar refractivity (Wildman–Crippen MR) is 81.2 cm³/mol. The summed E-state index contributed by atoms with van der Waals surface area (Å²) in [5.74, 6) is 0.855. The van der Waals surface area contributed by atoms with Crippen molar-refractivity contribution in [1.82, 2.24) is 10.2 Å². The zero-order valence-electron chi connectivity index (χ0n) is 11.5. The smallest absolute Gasteiger partial charge is 0.234 e. The van der Waals surface area contributed by atoms with Gasteiger partial charge >= 0.3 is 0 Å². The fourth-order valence-corrected chi connectivity index (χ4v) is 2.14. The molecule has 0 saturated carbocycles. The van der Waals surface area contributed by atoms with Crippen LogP contribution in [0.2, 0.25) is 0 Å². The highest BCUT2D eigenvalue weighted by atomic mass is 35.5. The Morgan fingerprint density at radius 2 is 2.15 bits per heavy atom. The summed E-state index contributed by atoms with van der Waals surface area (Å²) in [6.45, 7) is 3.16. The number of carbonyl (C=O) groups excluding carboxylic acids is 1. The van der Waals surface area contributed by atoms with Crippen molar-refractivity contribution < 1.29 is 9.53 Å². The first-order valence-electron chi connectivity index (χ1n) is 6.66. The number of nitrogens with zero attached hydrogens (tertiary/aromatic N) is 1. The van der Waals surface area contributed by atoms with Crippen molar-refractivity contribution >= 4 is 18.3 Å². The van der Waals surface area contributed by atoms with Crippen molar-refractivity contribution in [3.63, 3.8) is 0 Å². The zero-order chi connectivity index (χ0) is 13.5. The van der Waals surface area contributed by atoms with Crippen molar-refractivity contribution in [2.75, 3.05) is 32.8 Å². The lowest BCUT2D eigenvalue weighted by Gasteiger charge is -2.14. The lowest BCUT2D eigenvalue weighted by Crippen LogP contribution is -2.38. The van der Waals surface area contributed by atoms with E-state index < -0.39 is 0 Å². The molecule has 112 valence electrons. The summed E-state index contributed by atoms with van der Waals surface area (Å²) in [4.78, 5) is 13.7. The van der Waals surface area contributed by atoms with E-state index in [1.807, 2.05) is 30.3 Å². The molecule has 1 aliphatic rings. The molecule has 1 aromatic rings. The molecule has 1 fully saturated rings. The molecule has 1 aromatic carbocycles. The molecule has 6 heteroatoms. The van der Waals surface area contributed by atoms with Gasteiger partial charge in [-0.3, -0.25) is 9.69 Å². The second-order valence-corrected chi connectivity index (χ2v) is 4.80. The second-order valence-electron chi connectivity index (χ2n) is 4.80. The molecule has 0 radical (unpaired) electrons. The third-order valence-corrected chi connectivity index (χ3v) is 3.11. The number of carbonyl (C=O) groups is 1. The molecule has 0 aliphatic carbocycles. The number of benzene rings is 1. The number of para-hydroxylation sites is 1. The molecule has 0 unspecified atom stereocenters. The van der Waals surface area contributed by atoms with Crippen molar-refractivity contribution in [3.8, 4) is 5.75 Å². The van der Waals surface area contributed by atoms with Crippen LogP contribution in [0, 0.1) is 0 Å². The SMILES string of the molecule is Cl.N[C@H]1CCN(CC(=O)NCCOc2ccccc2)C1. The quantitative estimate of drug-likeness (QED) is 0.756. The van der Waals surface area contributed by atoms with Crippen LogP contribution in [-0.4, -0.2) is 49.6 Å². The monoisotopic (exact) mass is 299 g/mol. The minimum Gasteiger partial charge on any atom is -0.492 e. The van der Waals surface area contributed by atoms with Gasteiger partial charge in [-0.25, -0.2) is 0 Å². The number of amides is 1. The number of ether oxygens (including phenoxy) is 1. The number of hydrogen-bond acceptors (Lipinski definition) is 4. The lowest BCUT2D eigenvalue weighted by molar-refractivity contribution is -0.122. The Labute approximate surface area is 125 Å². The average molecular weight is 300 g/mol. The van der Waals surface area contributed by atoms with Gasteiger partial charge in [0.1, 0.15) is 12.4 Å². The number of likely N-dealkylation sites (tertiary alicyclic amines) is 1. The van der Waals surface area contributed by atoms with E-state index in [0.29, 0.717) is 19.7 Å². The molecule has 20 heavy (non-hydrogen) atoms. The summed E-state index contributed by atoms with van der Waals surface area (Å²) in [5, 5.41) is 2.85. The molecule has 3 N–H and O–H groups in total. The van der Waals surface area contributed by atoms with Gasteiger partial charge in [-0.1, -0.05) is 18.2 Å². The van der Waals surface area contributed by atoms with Crippen LogP contribution in [0.1, 0.15) is 6.42 Å². The Balaban J connectivity index is 0.00000200. The highest BCUT2D eigenvalue weighted by molar-refractivity contribution is 5.85. The Kier molecular flexibility index (Phi) is 7.36. The first-order valence-corrected chi connectivity index (χ1v) is 6.66. The van der Waals surface area contributed by atoms with Crippen molar-refractivity contribution in [1.29, 1.82) is 0 Å². The number of hydrogen-bond donors (Lipinski definition) is 2. The van der Waals surface area contributed by atoms with E-state index in [1.165, 1.54) is 0 Å². The standard InChI is InChI=1S/C14H21N3O2.ClH/c15-12-6-8-17(10-12)11-14(18)16-7-9-19-13-4-2-1-3-5-13;/h1-5,12H,6-11,15H2,(H,16,18);1H/t12-;/m0./s1. The summed E-state index contributed by atoms with van der Waals surface area (Å²) in [5.41, 5.74) is 5.79. The average Bonchev–Trinajstić information content (AvgIpc) is 2.81. The maximum atomic E-state index is 11.7. The van der Waals surface area contributed by atoms with Crippen LogP contribution < -0.4 is 15.8 Å². The number of rotatable bonds is 6. The molecule has 1 amide bonds. The summed E-state index contributed by atoms with van der Waals surface area (Å²) in [6.07, 6.45) is 0.977. The summed E-state index contributed by atoms with van der Waals surface area (Å²) >= 11 is 0. The molecule has 2 rings (SSSR count). The summed E-state index contributed by atoms with van der Waals surface area (Å²) < 4.78 is 5.50. The van der Waals surface area contributed by atoms with Gasteiger partial charge in [0.15, 0.2) is 0 Å². The molecular weight excluding hydrogens is 278 g/mol. The van der Waals surface area contributed by atoms with E-state index in [4.69, 9.17) is 10.5 Å². The van der Waals surface area contributed by atoms with Crippen LogP contribution in [0.4, 0.5) is 0 Å². The van der Waals surface area contributed by atoms with Gasteiger partial charge in [-0.15, -0.1) is 12.4 Å². The van der Waals surface area contributed by atoms with E-state index >= 15 is 0 Å². The number of nitrogens with one attached hydrogen (secondary N) is 1. The fourth-order valence-electron chi connectivity index (χ4n) is 2.14. The molecule has 0 aromatic heterocycles. The van der Waals surface area contributed by atoms with Crippen LogP contribution in [0.5, 0.6) is 5.75 Å². The van der Waals surface area contributed by atoms with Crippen LogP contribution in [0.15, 0.2) is 30.3 Å². The number of halogens is 1. The Hall–Kier alpha value is -1.30. The maximum absolute atomic E-state index is 11.7. The van der Waals surface area contributed by atoms with Gasteiger partial charge < -0.3 is 15.8 Å². The molecule has 0 bridgehead atoms. The van der Waals surface area contributed by atoms with Gasteiger partial charge in [0, 0.05) is 19.1 Å². The van der Waals surface area contributed by atoms with E-state index in [0.717, 1.165) is 25.3 Å². The normalized spacial score (nSPS) is 18.4. The van der Waals surface area contributed by atoms with Crippen LogP contribution in [0.25, 0.3) is 0 Å². The highest BCUT2D eigenvalue weighted by Gasteiger charge is 2.20. The van der Waals surface area contributed by atoms with E-state index in [-0.39, 0.29) is 24.4 Å². The van der Waals surface area contributed by atoms with Gasteiger partial charge in [-0.05, 0) is 18.6 Å². The largest absolute Gasteiger partial charge is 0.492 e. The second kappa shape index (κ2) is 8.79. The topological polar surface area (TPSA) is 67.6 Å². The molecule has 0 spiro atoms.